The van der Waals surface area contributed by atoms with Gasteiger partial charge in [0.25, 0.3) is 5.91 Å². The Balaban J connectivity index is 2.23. The van der Waals surface area contributed by atoms with Gasteiger partial charge >= 0.3 is 5.97 Å². The first-order chi connectivity index (χ1) is 9.61. The number of carbonyl (C=O) groups excluding carboxylic acids is 1. The normalized spacial score (nSPS) is 18.6. The Morgan fingerprint density at radius 2 is 2.30 bits per heavy atom. The zero-order valence-electron chi connectivity index (χ0n) is 11.5. The molecule has 2 N–H and O–H groups in total. The Bertz CT molecular complexity index is 504. The van der Waals surface area contributed by atoms with Crippen LogP contribution in [-0.4, -0.2) is 41.6 Å². The summed E-state index contributed by atoms with van der Waals surface area (Å²) in [7, 11) is 1.56. The maximum absolute atomic E-state index is 11.6. The first kappa shape index (κ1) is 14.3. The van der Waals surface area contributed by atoms with Gasteiger partial charge in [-0.05, 0) is 31.4 Å². The number of anilines is 1. The number of pyridine rings is 1. The van der Waals surface area contributed by atoms with E-state index in [1.165, 1.54) is 0 Å². The number of nitrogens with zero attached hydrogens (tertiary/aromatic N) is 2. The molecule has 0 spiro atoms. The van der Waals surface area contributed by atoms with Crippen LogP contribution in [0, 0.1) is 0 Å². The van der Waals surface area contributed by atoms with Crippen LogP contribution >= 0.6 is 0 Å². The third kappa shape index (κ3) is 3.26. The molecule has 0 bridgehead atoms. The molecule has 1 unspecified atom stereocenters. The number of amides is 1. The van der Waals surface area contributed by atoms with Gasteiger partial charge in [0.15, 0.2) is 0 Å². The van der Waals surface area contributed by atoms with Crippen molar-refractivity contribution in [1.29, 1.82) is 0 Å². The van der Waals surface area contributed by atoms with Gasteiger partial charge in [-0.25, -0.2) is 0 Å². The van der Waals surface area contributed by atoms with Crippen LogP contribution in [0.1, 0.15) is 36.2 Å². The van der Waals surface area contributed by atoms with Crippen molar-refractivity contribution in [3.63, 3.8) is 0 Å². The Morgan fingerprint density at radius 1 is 1.50 bits per heavy atom. The van der Waals surface area contributed by atoms with Crippen LogP contribution < -0.4 is 10.2 Å². The van der Waals surface area contributed by atoms with E-state index < -0.39 is 5.97 Å². The topological polar surface area (TPSA) is 82.5 Å². The highest BCUT2D eigenvalue weighted by Crippen LogP contribution is 2.26. The van der Waals surface area contributed by atoms with Gasteiger partial charge in [-0.3, -0.25) is 14.6 Å². The molecule has 1 atom stereocenters. The van der Waals surface area contributed by atoms with Crippen LogP contribution in [0.15, 0.2) is 18.3 Å². The van der Waals surface area contributed by atoms with Crippen molar-refractivity contribution >= 4 is 17.6 Å². The summed E-state index contributed by atoms with van der Waals surface area (Å²) in [6, 6.07) is 3.53. The predicted molar refractivity (Wildman–Crippen MR) is 74.9 cm³/mol. The lowest BCUT2D eigenvalue weighted by molar-refractivity contribution is -0.137. The van der Waals surface area contributed by atoms with E-state index in [2.05, 4.69) is 15.2 Å². The van der Waals surface area contributed by atoms with Crippen LogP contribution in [0.25, 0.3) is 0 Å². The summed E-state index contributed by atoms with van der Waals surface area (Å²) < 4.78 is 0. The molecule has 0 saturated carbocycles. The minimum absolute atomic E-state index is 0.0128. The molecule has 1 amide bonds. The first-order valence-electron chi connectivity index (χ1n) is 6.78. The van der Waals surface area contributed by atoms with Gasteiger partial charge in [0.2, 0.25) is 0 Å². The third-order valence-electron chi connectivity index (χ3n) is 3.57. The van der Waals surface area contributed by atoms with Crippen molar-refractivity contribution < 1.29 is 14.7 Å². The van der Waals surface area contributed by atoms with Gasteiger partial charge in [-0.15, -0.1) is 0 Å². The standard InChI is InChI=1S/C14H19N3O3/c1-15-14(20)12-8-11(5-6-16-12)17-7-3-2-4-10(17)9-13(18)19/h5-6,8,10H,2-4,7,9H2,1H3,(H,15,20)(H,18,19). The van der Waals surface area contributed by atoms with Crippen LogP contribution in [0.2, 0.25) is 0 Å². The number of rotatable bonds is 4. The minimum Gasteiger partial charge on any atom is -0.481 e. The van der Waals surface area contributed by atoms with Crippen LogP contribution in [0.3, 0.4) is 0 Å². The summed E-state index contributed by atoms with van der Waals surface area (Å²) in [5.41, 5.74) is 1.22. The van der Waals surface area contributed by atoms with Crippen molar-refractivity contribution in [2.75, 3.05) is 18.5 Å². The highest BCUT2D eigenvalue weighted by molar-refractivity contribution is 5.92. The molecule has 20 heavy (non-hydrogen) atoms. The van der Waals surface area contributed by atoms with Crippen molar-refractivity contribution in [2.24, 2.45) is 0 Å². The lowest BCUT2D eigenvalue weighted by Gasteiger charge is -2.36. The highest BCUT2D eigenvalue weighted by Gasteiger charge is 2.25. The maximum atomic E-state index is 11.6. The van der Waals surface area contributed by atoms with Crippen molar-refractivity contribution in [2.45, 2.75) is 31.7 Å². The molecule has 6 heteroatoms. The number of hydrogen-bond donors (Lipinski definition) is 2. The Hall–Kier alpha value is -2.11. The molecule has 1 fully saturated rings. The molecule has 0 radical (unpaired) electrons. The van der Waals surface area contributed by atoms with E-state index in [1.807, 2.05) is 6.07 Å². The largest absolute Gasteiger partial charge is 0.481 e. The summed E-state index contributed by atoms with van der Waals surface area (Å²) in [6.07, 6.45) is 4.66. The second-order valence-corrected chi connectivity index (χ2v) is 4.92. The summed E-state index contributed by atoms with van der Waals surface area (Å²) >= 11 is 0. The van der Waals surface area contributed by atoms with Crippen LogP contribution in [0.4, 0.5) is 5.69 Å². The van der Waals surface area contributed by atoms with E-state index >= 15 is 0 Å². The summed E-state index contributed by atoms with van der Waals surface area (Å²) in [5, 5.41) is 11.5. The van der Waals surface area contributed by atoms with Crippen LogP contribution in [-0.2, 0) is 4.79 Å². The highest BCUT2D eigenvalue weighted by atomic mass is 16.4. The fraction of sp³-hybridized carbons (Fsp3) is 0.500. The maximum Gasteiger partial charge on any atom is 0.305 e. The average molecular weight is 277 g/mol. The molecule has 1 aliphatic heterocycles. The van der Waals surface area contributed by atoms with Crippen molar-refractivity contribution in [3.05, 3.63) is 24.0 Å². The number of carboxylic acid groups (broad SMARTS) is 1. The Labute approximate surface area is 117 Å². The molecule has 1 aromatic heterocycles. The van der Waals surface area contributed by atoms with Crippen molar-refractivity contribution in [1.82, 2.24) is 10.3 Å². The lowest BCUT2D eigenvalue weighted by atomic mass is 9.98. The van der Waals surface area contributed by atoms with Gasteiger partial charge in [-0.2, -0.15) is 0 Å². The first-order valence-corrected chi connectivity index (χ1v) is 6.78. The molecular formula is C14H19N3O3. The molecule has 0 aliphatic carbocycles. The lowest BCUT2D eigenvalue weighted by Crippen LogP contribution is -2.41. The number of aromatic nitrogens is 1. The fourth-order valence-electron chi connectivity index (χ4n) is 2.60. The molecular weight excluding hydrogens is 258 g/mol. The van der Waals surface area contributed by atoms with Gasteiger partial charge in [0, 0.05) is 31.5 Å². The molecule has 0 aromatic carbocycles. The SMILES string of the molecule is CNC(=O)c1cc(N2CCCCC2CC(=O)O)ccn1. The zero-order valence-corrected chi connectivity index (χ0v) is 11.5. The molecule has 2 heterocycles. The third-order valence-corrected chi connectivity index (χ3v) is 3.57. The number of carbonyl (C=O) groups is 2. The Morgan fingerprint density at radius 3 is 3.00 bits per heavy atom. The summed E-state index contributed by atoms with van der Waals surface area (Å²) in [6.45, 7) is 0.815. The zero-order chi connectivity index (χ0) is 14.5. The molecule has 1 aromatic rings. The number of nitrogens with one attached hydrogen (secondary N) is 1. The molecule has 6 nitrogen and oxygen atoms in total. The van der Waals surface area contributed by atoms with Gasteiger partial charge in [0.05, 0.1) is 6.42 Å². The molecule has 108 valence electrons. The number of aliphatic carboxylic acids is 1. The fourth-order valence-corrected chi connectivity index (χ4v) is 2.60. The molecule has 2 rings (SSSR count). The number of piperidine rings is 1. The average Bonchev–Trinajstić information content (AvgIpc) is 2.46. The van der Waals surface area contributed by atoms with E-state index in [-0.39, 0.29) is 18.4 Å². The molecule has 1 saturated heterocycles. The van der Waals surface area contributed by atoms with E-state index in [0.717, 1.165) is 31.5 Å². The predicted octanol–water partition coefficient (Wildman–Crippen LogP) is 1.27. The minimum atomic E-state index is -0.789. The quantitative estimate of drug-likeness (QED) is 0.866. The van der Waals surface area contributed by atoms with E-state index in [1.54, 1.807) is 19.3 Å². The Kier molecular flexibility index (Phi) is 4.55. The smallest absolute Gasteiger partial charge is 0.305 e. The van der Waals surface area contributed by atoms with E-state index in [9.17, 15) is 9.59 Å². The molecule has 1 aliphatic rings. The van der Waals surface area contributed by atoms with Gasteiger partial charge in [0.1, 0.15) is 5.69 Å². The summed E-state index contributed by atoms with van der Waals surface area (Å²) in [4.78, 5) is 28.7. The van der Waals surface area contributed by atoms with Crippen molar-refractivity contribution in [3.8, 4) is 0 Å². The van der Waals surface area contributed by atoms with Gasteiger partial charge in [-0.1, -0.05) is 0 Å². The van der Waals surface area contributed by atoms with Gasteiger partial charge < -0.3 is 15.3 Å². The summed E-state index contributed by atoms with van der Waals surface area (Å²) in [5.74, 6) is -1.03. The van der Waals surface area contributed by atoms with E-state index in [0.29, 0.717) is 5.69 Å². The number of carboxylic acids is 1. The second-order valence-electron chi connectivity index (χ2n) is 4.92. The monoisotopic (exact) mass is 277 g/mol. The van der Waals surface area contributed by atoms with E-state index in [4.69, 9.17) is 5.11 Å². The second kappa shape index (κ2) is 6.36. The van der Waals surface area contributed by atoms with Crippen LogP contribution in [0.5, 0.6) is 0 Å². The number of hydrogen-bond acceptors (Lipinski definition) is 4.